The van der Waals surface area contributed by atoms with Gasteiger partial charge in [0.1, 0.15) is 12.4 Å². The average Bonchev–Trinajstić information content (AvgIpc) is 3.29. The number of nitrogens with one attached hydrogen (secondary N) is 1. The van der Waals surface area contributed by atoms with Crippen molar-refractivity contribution in [3.8, 4) is 11.4 Å². The van der Waals surface area contributed by atoms with Gasteiger partial charge in [-0.2, -0.15) is 5.10 Å². The predicted molar refractivity (Wildman–Crippen MR) is 121 cm³/mol. The van der Waals surface area contributed by atoms with Crippen LogP contribution in [0, 0.1) is 0 Å². The van der Waals surface area contributed by atoms with Crippen molar-refractivity contribution in [1.82, 2.24) is 9.78 Å². The van der Waals surface area contributed by atoms with Crippen LogP contribution in [0.3, 0.4) is 0 Å². The summed E-state index contributed by atoms with van der Waals surface area (Å²) in [6.45, 7) is 0.359. The molecule has 1 heterocycles. The van der Waals surface area contributed by atoms with Gasteiger partial charge in [0.25, 0.3) is 5.91 Å². The monoisotopic (exact) mass is 481 g/mol. The van der Waals surface area contributed by atoms with Crippen molar-refractivity contribution in [2.24, 2.45) is 0 Å². The lowest BCUT2D eigenvalue weighted by Crippen LogP contribution is -2.12. The maximum atomic E-state index is 12.5. The van der Waals surface area contributed by atoms with Crippen LogP contribution in [0.4, 0.5) is 5.69 Å². The second-order valence-corrected chi connectivity index (χ2v) is 7.83. The summed E-state index contributed by atoms with van der Waals surface area (Å²) >= 11 is 9.53. The van der Waals surface area contributed by atoms with Crippen LogP contribution in [-0.4, -0.2) is 15.7 Å². The lowest BCUT2D eigenvalue weighted by molar-refractivity contribution is 0.102. The highest BCUT2D eigenvalue weighted by Gasteiger charge is 2.08. The molecular formula is C23H17BrClN3O2. The number of carbonyl (C=O) groups is 1. The van der Waals surface area contributed by atoms with Gasteiger partial charge in [-0.25, -0.2) is 4.68 Å². The molecule has 0 bridgehead atoms. The number of hydrogen-bond donors (Lipinski definition) is 1. The standard InChI is InChI=1S/C23H17BrClN3O2/c24-18-6-11-22(21(25)14-18)30-15-16-2-4-17(5-3-16)23(29)27-19-7-9-20(10-8-19)28-13-1-12-26-28/h1-14H,15H2,(H,27,29). The number of rotatable bonds is 6. The highest BCUT2D eigenvalue weighted by molar-refractivity contribution is 9.10. The molecule has 1 N–H and O–H groups in total. The van der Waals surface area contributed by atoms with Gasteiger partial charge in [0.15, 0.2) is 0 Å². The Morgan fingerprint density at radius 1 is 1.07 bits per heavy atom. The number of amides is 1. The highest BCUT2D eigenvalue weighted by Crippen LogP contribution is 2.28. The summed E-state index contributed by atoms with van der Waals surface area (Å²) in [5.74, 6) is 0.436. The minimum absolute atomic E-state index is 0.176. The molecule has 3 aromatic carbocycles. The predicted octanol–water partition coefficient (Wildman–Crippen LogP) is 6.12. The maximum Gasteiger partial charge on any atom is 0.255 e. The molecule has 0 aliphatic rings. The first kappa shape index (κ1) is 20.2. The fourth-order valence-electron chi connectivity index (χ4n) is 2.83. The molecule has 7 heteroatoms. The number of anilines is 1. The molecule has 0 saturated heterocycles. The van der Waals surface area contributed by atoms with Gasteiger partial charge in [0.2, 0.25) is 0 Å². The van der Waals surface area contributed by atoms with Crippen LogP contribution < -0.4 is 10.1 Å². The summed E-state index contributed by atoms with van der Waals surface area (Å²) in [7, 11) is 0. The first-order valence-electron chi connectivity index (χ1n) is 9.17. The maximum absolute atomic E-state index is 12.5. The Hall–Kier alpha value is -3.09. The molecule has 0 radical (unpaired) electrons. The van der Waals surface area contributed by atoms with Crippen LogP contribution in [0.5, 0.6) is 5.75 Å². The van der Waals surface area contributed by atoms with E-state index in [2.05, 4.69) is 26.3 Å². The zero-order chi connectivity index (χ0) is 20.9. The average molecular weight is 483 g/mol. The molecule has 4 aromatic rings. The molecule has 0 unspecified atom stereocenters. The second kappa shape index (κ2) is 9.15. The summed E-state index contributed by atoms with van der Waals surface area (Å²) in [6, 6.07) is 22.1. The van der Waals surface area contributed by atoms with Gasteiger partial charge < -0.3 is 10.1 Å². The molecule has 5 nitrogen and oxygen atoms in total. The lowest BCUT2D eigenvalue weighted by atomic mass is 10.1. The quantitative estimate of drug-likeness (QED) is 0.360. The van der Waals surface area contributed by atoms with Gasteiger partial charge in [-0.05, 0) is 66.2 Å². The molecule has 1 amide bonds. The molecule has 0 aliphatic carbocycles. The first-order chi connectivity index (χ1) is 14.6. The van der Waals surface area contributed by atoms with Gasteiger partial charge in [0.05, 0.1) is 10.7 Å². The van der Waals surface area contributed by atoms with Crippen molar-refractivity contribution in [1.29, 1.82) is 0 Å². The Bertz CT molecular complexity index is 1140. The normalized spacial score (nSPS) is 10.6. The zero-order valence-corrected chi connectivity index (χ0v) is 18.1. The third-order valence-electron chi connectivity index (χ3n) is 4.40. The van der Waals surface area contributed by atoms with Crippen LogP contribution in [0.2, 0.25) is 5.02 Å². The van der Waals surface area contributed by atoms with E-state index >= 15 is 0 Å². The smallest absolute Gasteiger partial charge is 0.255 e. The van der Waals surface area contributed by atoms with E-state index < -0.39 is 0 Å². The number of benzene rings is 3. The fourth-order valence-corrected chi connectivity index (χ4v) is 3.56. The van der Waals surface area contributed by atoms with Gasteiger partial charge in [-0.3, -0.25) is 4.79 Å². The van der Waals surface area contributed by atoms with Crippen molar-refractivity contribution in [3.05, 3.63) is 106 Å². The second-order valence-electron chi connectivity index (χ2n) is 6.51. The molecule has 0 saturated carbocycles. The largest absolute Gasteiger partial charge is 0.487 e. The Labute approximate surface area is 187 Å². The van der Waals surface area contributed by atoms with Crippen molar-refractivity contribution in [2.75, 3.05) is 5.32 Å². The minimum Gasteiger partial charge on any atom is -0.487 e. The van der Waals surface area contributed by atoms with Crippen LogP contribution in [0.15, 0.2) is 89.7 Å². The van der Waals surface area contributed by atoms with Gasteiger partial charge in [-0.1, -0.05) is 39.7 Å². The molecule has 4 rings (SSSR count). The molecule has 30 heavy (non-hydrogen) atoms. The topological polar surface area (TPSA) is 56.2 Å². The number of hydrogen-bond acceptors (Lipinski definition) is 3. The van der Waals surface area contributed by atoms with Crippen LogP contribution in [-0.2, 0) is 6.61 Å². The number of halogens is 2. The lowest BCUT2D eigenvalue weighted by Gasteiger charge is -2.10. The SMILES string of the molecule is O=C(Nc1ccc(-n2cccn2)cc1)c1ccc(COc2ccc(Br)cc2Cl)cc1. The van der Waals surface area contributed by atoms with E-state index in [1.165, 1.54) is 0 Å². The van der Waals surface area contributed by atoms with Crippen LogP contribution >= 0.6 is 27.5 Å². The molecule has 1 aromatic heterocycles. The summed E-state index contributed by atoms with van der Waals surface area (Å²) in [5.41, 5.74) is 3.15. The Morgan fingerprint density at radius 2 is 1.83 bits per heavy atom. The van der Waals surface area contributed by atoms with Crippen molar-refractivity contribution in [3.63, 3.8) is 0 Å². The van der Waals surface area contributed by atoms with Crippen LogP contribution in [0.25, 0.3) is 5.69 Å². The molecule has 0 spiro atoms. The van der Waals surface area contributed by atoms with E-state index in [1.807, 2.05) is 60.8 Å². The third kappa shape index (κ3) is 4.90. The van der Waals surface area contributed by atoms with Gasteiger partial charge in [-0.15, -0.1) is 0 Å². The Kier molecular flexibility index (Phi) is 6.16. The molecule has 0 fully saturated rings. The van der Waals surface area contributed by atoms with Crippen LogP contribution in [0.1, 0.15) is 15.9 Å². The number of carbonyl (C=O) groups excluding carboxylic acids is 1. The van der Waals surface area contributed by atoms with Gasteiger partial charge in [0, 0.05) is 28.1 Å². The van der Waals surface area contributed by atoms with Crippen molar-refractivity contribution >= 4 is 39.1 Å². The summed E-state index contributed by atoms with van der Waals surface area (Å²) in [4.78, 5) is 12.5. The molecular weight excluding hydrogens is 466 g/mol. The third-order valence-corrected chi connectivity index (χ3v) is 5.19. The zero-order valence-electron chi connectivity index (χ0n) is 15.8. The summed E-state index contributed by atoms with van der Waals surface area (Å²) < 4.78 is 8.41. The number of aromatic nitrogens is 2. The summed E-state index contributed by atoms with van der Waals surface area (Å²) in [6.07, 6.45) is 3.58. The first-order valence-corrected chi connectivity index (χ1v) is 10.3. The number of ether oxygens (including phenoxy) is 1. The van der Waals surface area contributed by atoms with E-state index in [0.717, 1.165) is 15.7 Å². The minimum atomic E-state index is -0.176. The highest BCUT2D eigenvalue weighted by atomic mass is 79.9. The van der Waals surface area contributed by atoms with Gasteiger partial charge >= 0.3 is 0 Å². The van der Waals surface area contributed by atoms with Crippen molar-refractivity contribution in [2.45, 2.75) is 6.61 Å². The molecule has 0 aliphatic heterocycles. The molecule has 150 valence electrons. The molecule has 0 atom stereocenters. The van der Waals surface area contributed by atoms with E-state index in [9.17, 15) is 4.79 Å². The Morgan fingerprint density at radius 3 is 2.50 bits per heavy atom. The van der Waals surface area contributed by atoms with Crippen molar-refractivity contribution < 1.29 is 9.53 Å². The fraction of sp³-hybridized carbons (Fsp3) is 0.0435. The Balaban J connectivity index is 1.35. The summed E-state index contributed by atoms with van der Waals surface area (Å²) in [5, 5.41) is 7.63. The van der Waals surface area contributed by atoms with E-state index in [4.69, 9.17) is 16.3 Å². The van der Waals surface area contributed by atoms with E-state index in [-0.39, 0.29) is 5.91 Å². The van der Waals surface area contributed by atoms with E-state index in [1.54, 1.807) is 29.1 Å². The number of nitrogens with zero attached hydrogens (tertiary/aromatic N) is 2. The van der Waals surface area contributed by atoms with E-state index in [0.29, 0.717) is 28.6 Å².